The lowest BCUT2D eigenvalue weighted by Gasteiger charge is -2.14. The van der Waals surface area contributed by atoms with Gasteiger partial charge in [0.25, 0.3) is 5.91 Å². The van der Waals surface area contributed by atoms with Gasteiger partial charge in [0.1, 0.15) is 5.75 Å². The highest BCUT2D eigenvalue weighted by molar-refractivity contribution is 5.94. The van der Waals surface area contributed by atoms with Gasteiger partial charge in [0.15, 0.2) is 11.5 Å². The van der Waals surface area contributed by atoms with E-state index < -0.39 is 0 Å². The van der Waals surface area contributed by atoms with Gasteiger partial charge in [0, 0.05) is 36.4 Å². The number of ether oxygens (including phenoxy) is 5. The number of aromatic nitrogens is 3. The van der Waals surface area contributed by atoms with E-state index in [1.807, 2.05) is 60.7 Å². The summed E-state index contributed by atoms with van der Waals surface area (Å²) in [6.07, 6.45) is 0. The van der Waals surface area contributed by atoms with E-state index in [1.54, 1.807) is 33.5 Å². The number of benzene rings is 3. The van der Waals surface area contributed by atoms with Crippen LogP contribution in [-0.4, -0.2) is 81.7 Å². The van der Waals surface area contributed by atoms with Crippen LogP contribution in [0.15, 0.2) is 72.8 Å². The van der Waals surface area contributed by atoms with E-state index in [1.165, 1.54) is 0 Å². The Morgan fingerprint density at radius 3 is 2.04 bits per heavy atom. The number of hydrogen-bond acceptors (Lipinski definition) is 12. The van der Waals surface area contributed by atoms with Gasteiger partial charge in [-0.25, -0.2) is 0 Å². The Labute approximate surface area is 262 Å². The number of rotatable bonds is 19. The quantitative estimate of drug-likeness (QED) is 0.112. The van der Waals surface area contributed by atoms with Crippen LogP contribution in [0, 0.1) is 0 Å². The predicted octanol–water partition coefficient (Wildman–Crippen LogP) is 4.13. The molecule has 4 aromatic rings. The molecule has 1 aromatic heterocycles. The molecule has 0 unspecified atom stereocenters. The van der Waals surface area contributed by atoms with E-state index in [-0.39, 0.29) is 5.91 Å². The number of hydrogen-bond donors (Lipinski definition) is 4. The van der Waals surface area contributed by atoms with Crippen molar-refractivity contribution in [1.29, 1.82) is 0 Å². The van der Waals surface area contributed by atoms with Gasteiger partial charge < -0.3 is 45.0 Å². The van der Waals surface area contributed by atoms with Crippen LogP contribution in [0.5, 0.6) is 17.2 Å². The molecule has 4 rings (SSSR count). The molecule has 0 spiro atoms. The van der Waals surface area contributed by atoms with Gasteiger partial charge in [-0.2, -0.15) is 15.0 Å². The number of methoxy groups -OCH3 is 3. The first-order chi connectivity index (χ1) is 22.1. The van der Waals surface area contributed by atoms with Crippen molar-refractivity contribution >= 4 is 29.4 Å². The average Bonchev–Trinajstić information content (AvgIpc) is 3.08. The standard InChI is InChI=1S/C32H39N7O6/c1-41-26-14-12-25(13-15-26)36-32-38-30(37-31(39-32)35-22-24-10-7-11-27(42-2)28(24)43-3)34-17-19-45-21-20-44-18-16-33-29(40)23-8-5-4-6-9-23/h4-15H,16-22H2,1-3H3,(H,33,40)(H3,34,35,36,37,38,39). The minimum absolute atomic E-state index is 0.124. The van der Waals surface area contributed by atoms with E-state index >= 15 is 0 Å². The third-order valence-electron chi connectivity index (χ3n) is 6.37. The first kappa shape index (κ1) is 32.8. The topological polar surface area (TPSA) is 150 Å². The number of anilines is 4. The number of nitrogens with one attached hydrogen (secondary N) is 4. The first-order valence-corrected chi connectivity index (χ1v) is 14.4. The highest BCUT2D eigenvalue weighted by Crippen LogP contribution is 2.31. The summed E-state index contributed by atoms with van der Waals surface area (Å²) in [7, 11) is 4.82. The second kappa shape index (κ2) is 17.9. The molecule has 0 aliphatic carbocycles. The molecule has 13 nitrogen and oxygen atoms in total. The molecule has 0 radical (unpaired) electrons. The largest absolute Gasteiger partial charge is 0.497 e. The Balaban J connectivity index is 1.26. The Hall–Kier alpha value is -5.14. The Morgan fingerprint density at radius 1 is 0.667 bits per heavy atom. The lowest BCUT2D eigenvalue weighted by molar-refractivity contribution is 0.0519. The SMILES string of the molecule is COc1ccc(Nc2nc(NCCOCCOCCNC(=O)c3ccccc3)nc(NCc3cccc(OC)c3OC)n2)cc1. The predicted molar refractivity (Wildman–Crippen MR) is 172 cm³/mol. The lowest BCUT2D eigenvalue weighted by Crippen LogP contribution is -2.27. The van der Waals surface area contributed by atoms with Gasteiger partial charge in [0.2, 0.25) is 17.8 Å². The van der Waals surface area contributed by atoms with Gasteiger partial charge in [0.05, 0.1) is 47.8 Å². The molecule has 0 saturated heterocycles. The number of carbonyl (C=O) groups excluding carboxylic acids is 1. The van der Waals surface area contributed by atoms with Gasteiger partial charge in [-0.05, 0) is 42.5 Å². The minimum atomic E-state index is -0.124. The molecule has 4 N–H and O–H groups in total. The van der Waals surface area contributed by atoms with Crippen LogP contribution >= 0.6 is 0 Å². The van der Waals surface area contributed by atoms with Crippen molar-refractivity contribution in [2.75, 3.05) is 76.8 Å². The molecular formula is C32H39N7O6. The van der Waals surface area contributed by atoms with Crippen LogP contribution in [0.3, 0.4) is 0 Å². The minimum Gasteiger partial charge on any atom is -0.497 e. The van der Waals surface area contributed by atoms with Crippen molar-refractivity contribution in [2.24, 2.45) is 0 Å². The summed E-state index contributed by atoms with van der Waals surface area (Å²) in [6, 6.07) is 22.2. The van der Waals surface area contributed by atoms with Gasteiger partial charge in [-0.3, -0.25) is 4.79 Å². The van der Waals surface area contributed by atoms with Crippen molar-refractivity contribution in [1.82, 2.24) is 20.3 Å². The summed E-state index contributed by atoms with van der Waals surface area (Å²) in [4.78, 5) is 25.6. The monoisotopic (exact) mass is 617 g/mol. The third kappa shape index (κ3) is 10.5. The Bertz CT molecular complexity index is 1480. The summed E-state index contributed by atoms with van der Waals surface area (Å²) in [6.45, 7) is 2.89. The van der Waals surface area contributed by atoms with Crippen LogP contribution in [0.4, 0.5) is 23.5 Å². The van der Waals surface area contributed by atoms with Crippen LogP contribution in [0.2, 0.25) is 0 Å². The summed E-state index contributed by atoms with van der Waals surface area (Å²) in [5, 5.41) is 12.5. The number of carbonyl (C=O) groups is 1. The van der Waals surface area contributed by atoms with Crippen molar-refractivity contribution in [3.8, 4) is 17.2 Å². The molecule has 0 aliphatic heterocycles. The second-order valence-electron chi connectivity index (χ2n) is 9.44. The Morgan fingerprint density at radius 2 is 1.36 bits per heavy atom. The smallest absolute Gasteiger partial charge is 0.251 e. The molecule has 0 aliphatic rings. The zero-order valence-corrected chi connectivity index (χ0v) is 25.7. The summed E-state index contributed by atoms with van der Waals surface area (Å²) in [5.41, 5.74) is 2.29. The molecule has 0 atom stereocenters. The molecule has 1 heterocycles. The fraction of sp³-hybridized carbons (Fsp3) is 0.312. The summed E-state index contributed by atoms with van der Waals surface area (Å²) >= 11 is 0. The van der Waals surface area contributed by atoms with Crippen molar-refractivity contribution in [3.05, 3.63) is 83.9 Å². The Kier molecular flexibility index (Phi) is 13.0. The molecule has 0 fully saturated rings. The van der Waals surface area contributed by atoms with Crippen LogP contribution in [0.1, 0.15) is 15.9 Å². The normalized spacial score (nSPS) is 10.6. The van der Waals surface area contributed by atoms with E-state index in [9.17, 15) is 4.79 Å². The molecular weight excluding hydrogens is 578 g/mol. The van der Waals surface area contributed by atoms with E-state index in [0.717, 1.165) is 17.0 Å². The average molecular weight is 618 g/mol. The third-order valence-corrected chi connectivity index (χ3v) is 6.37. The molecule has 3 aromatic carbocycles. The second-order valence-corrected chi connectivity index (χ2v) is 9.44. The highest BCUT2D eigenvalue weighted by Gasteiger charge is 2.12. The number of para-hydroxylation sites is 1. The highest BCUT2D eigenvalue weighted by atomic mass is 16.5. The summed E-state index contributed by atoms with van der Waals surface area (Å²) in [5.74, 6) is 2.98. The fourth-order valence-corrected chi connectivity index (χ4v) is 4.15. The molecule has 0 saturated carbocycles. The van der Waals surface area contributed by atoms with Crippen LogP contribution in [0.25, 0.3) is 0 Å². The van der Waals surface area contributed by atoms with Crippen molar-refractivity contribution < 1.29 is 28.5 Å². The molecule has 45 heavy (non-hydrogen) atoms. The van der Waals surface area contributed by atoms with E-state index in [4.69, 9.17) is 23.7 Å². The number of amides is 1. The first-order valence-electron chi connectivity index (χ1n) is 14.4. The molecule has 0 bridgehead atoms. The van der Waals surface area contributed by atoms with Crippen molar-refractivity contribution in [2.45, 2.75) is 6.54 Å². The van der Waals surface area contributed by atoms with Crippen LogP contribution < -0.4 is 35.5 Å². The maximum atomic E-state index is 12.0. The molecule has 13 heteroatoms. The molecule has 238 valence electrons. The lowest BCUT2D eigenvalue weighted by atomic mass is 10.2. The number of nitrogens with zero attached hydrogens (tertiary/aromatic N) is 3. The maximum absolute atomic E-state index is 12.0. The van der Waals surface area contributed by atoms with E-state index in [0.29, 0.717) is 81.0 Å². The van der Waals surface area contributed by atoms with Gasteiger partial charge in [-0.1, -0.05) is 30.3 Å². The van der Waals surface area contributed by atoms with Crippen molar-refractivity contribution in [3.63, 3.8) is 0 Å². The van der Waals surface area contributed by atoms with Crippen LogP contribution in [-0.2, 0) is 16.0 Å². The van der Waals surface area contributed by atoms with E-state index in [2.05, 4.69) is 36.2 Å². The van der Waals surface area contributed by atoms with Gasteiger partial charge >= 0.3 is 0 Å². The van der Waals surface area contributed by atoms with Gasteiger partial charge in [-0.15, -0.1) is 0 Å². The fourth-order valence-electron chi connectivity index (χ4n) is 4.15. The molecule has 1 amide bonds. The zero-order chi connectivity index (χ0) is 31.7. The zero-order valence-electron chi connectivity index (χ0n) is 25.7. The summed E-state index contributed by atoms with van der Waals surface area (Å²) < 4.78 is 27.4. The maximum Gasteiger partial charge on any atom is 0.251 e.